The Labute approximate surface area is 121 Å². The summed E-state index contributed by atoms with van der Waals surface area (Å²) in [6.45, 7) is 0. The normalized spacial score (nSPS) is 12.3. The van der Waals surface area contributed by atoms with Gasteiger partial charge in [-0.3, -0.25) is 4.40 Å². The lowest BCUT2D eigenvalue weighted by Gasteiger charge is -2.05. The van der Waals surface area contributed by atoms with E-state index in [0.29, 0.717) is 22.2 Å². The number of pyridine rings is 1. The van der Waals surface area contributed by atoms with Gasteiger partial charge < -0.3 is 4.42 Å². The predicted molar refractivity (Wildman–Crippen MR) is 73.2 cm³/mol. The molecule has 0 aliphatic carbocycles. The maximum absolute atomic E-state index is 12.9. The van der Waals surface area contributed by atoms with Crippen LogP contribution in [0.1, 0.15) is 5.82 Å². The molecular weight excluding hydrogens is 295 g/mol. The molecule has 0 atom stereocenters. The molecule has 4 aromatic rings. The van der Waals surface area contributed by atoms with Crippen LogP contribution >= 0.6 is 0 Å². The summed E-state index contributed by atoms with van der Waals surface area (Å²) >= 11 is 0. The number of imidazole rings is 1. The number of alkyl halides is 3. The molecule has 0 saturated heterocycles. The van der Waals surface area contributed by atoms with E-state index in [4.69, 9.17) is 4.42 Å². The molecule has 0 radical (unpaired) electrons. The van der Waals surface area contributed by atoms with E-state index in [2.05, 4.69) is 9.97 Å². The molecule has 0 aliphatic rings. The first kappa shape index (κ1) is 12.9. The smallest absolute Gasteiger partial charge is 0.436 e. The molecule has 0 bridgehead atoms. The van der Waals surface area contributed by atoms with Crippen LogP contribution in [0.3, 0.4) is 0 Å². The maximum atomic E-state index is 12.9. The molecule has 0 saturated carbocycles. The fraction of sp³-hybridized carbons (Fsp3) is 0.0667. The van der Waals surface area contributed by atoms with Gasteiger partial charge in [0.1, 0.15) is 5.52 Å². The van der Waals surface area contributed by atoms with Crippen LogP contribution in [0.2, 0.25) is 0 Å². The Balaban J connectivity index is 1.91. The molecule has 0 unspecified atom stereocenters. The summed E-state index contributed by atoms with van der Waals surface area (Å²) in [5.41, 5.74) is 2.04. The summed E-state index contributed by atoms with van der Waals surface area (Å²) < 4.78 is 45.4. The maximum Gasteiger partial charge on any atom is 0.450 e. The second-order valence-corrected chi connectivity index (χ2v) is 4.78. The molecule has 7 heteroatoms. The molecular formula is C15H8F3N3O. The van der Waals surface area contributed by atoms with E-state index in [-0.39, 0.29) is 5.89 Å². The first-order chi connectivity index (χ1) is 10.5. The molecule has 4 rings (SSSR count). The molecule has 0 N–H and O–H groups in total. The van der Waals surface area contributed by atoms with E-state index < -0.39 is 12.0 Å². The van der Waals surface area contributed by atoms with Crippen molar-refractivity contribution in [3.05, 3.63) is 54.6 Å². The number of fused-ring (bicyclic) bond motifs is 2. The van der Waals surface area contributed by atoms with Gasteiger partial charge in [0.05, 0.1) is 17.3 Å². The van der Waals surface area contributed by atoms with Crippen molar-refractivity contribution in [1.29, 1.82) is 0 Å². The average Bonchev–Trinajstić information content (AvgIpc) is 3.09. The summed E-state index contributed by atoms with van der Waals surface area (Å²) in [6, 6.07) is 10.4. The zero-order valence-electron chi connectivity index (χ0n) is 11.0. The highest BCUT2D eigenvalue weighted by molar-refractivity contribution is 5.76. The van der Waals surface area contributed by atoms with Gasteiger partial charge in [-0.25, -0.2) is 9.97 Å². The Morgan fingerprint density at radius 1 is 1.05 bits per heavy atom. The van der Waals surface area contributed by atoms with Gasteiger partial charge in [-0.2, -0.15) is 13.2 Å². The molecule has 3 aromatic heterocycles. The number of benzene rings is 1. The van der Waals surface area contributed by atoms with Gasteiger partial charge >= 0.3 is 6.18 Å². The molecule has 4 nitrogen and oxygen atoms in total. The average molecular weight is 303 g/mol. The number of nitrogens with zero attached hydrogens (tertiary/aromatic N) is 3. The number of hydrogen-bond acceptors (Lipinski definition) is 3. The lowest BCUT2D eigenvalue weighted by molar-refractivity contribution is -0.145. The highest BCUT2D eigenvalue weighted by Gasteiger charge is 2.35. The highest BCUT2D eigenvalue weighted by Crippen LogP contribution is 2.30. The second kappa shape index (κ2) is 4.33. The van der Waals surface area contributed by atoms with Crippen molar-refractivity contribution >= 4 is 16.6 Å². The van der Waals surface area contributed by atoms with Crippen molar-refractivity contribution in [2.45, 2.75) is 6.18 Å². The van der Waals surface area contributed by atoms with Crippen LogP contribution in [0.5, 0.6) is 0 Å². The van der Waals surface area contributed by atoms with Gasteiger partial charge in [0.2, 0.25) is 11.7 Å². The third-order valence-corrected chi connectivity index (χ3v) is 3.32. The van der Waals surface area contributed by atoms with Crippen LogP contribution in [-0.4, -0.2) is 14.4 Å². The number of halogens is 3. The van der Waals surface area contributed by atoms with Gasteiger partial charge in [-0.1, -0.05) is 12.1 Å². The standard InChI is InChI=1S/C15H8F3N3O/c16-15(17,18)14-19-7-10-6-5-9(8-21(10)14)13-20-11-3-1-2-4-12(11)22-13/h1-8H. The lowest BCUT2D eigenvalue weighted by Crippen LogP contribution is -2.10. The van der Waals surface area contributed by atoms with Crippen LogP contribution in [0, 0.1) is 0 Å². The van der Waals surface area contributed by atoms with E-state index in [1.807, 2.05) is 6.07 Å². The Morgan fingerprint density at radius 3 is 2.64 bits per heavy atom. The zero-order chi connectivity index (χ0) is 15.3. The van der Waals surface area contributed by atoms with Crippen LogP contribution in [0.4, 0.5) is 13.2 Å². The van der Waals surface area contributed by atoms with Gasteiger partial charge in [0.25, 0.3) is 0 Å². The SMILES string of the molecule is FC(F)(F)c1ncc2ccc(-c3nc4ccccc4o3)cn12. The number of aromatic nitrogens is 3. The van der Waals surface area contributed by atoms with Gasteiger partial charge in [0.15, 0.2) is 5.58 Å². The minimum absolute atomic E-state index is 0.268. The summed E-state index contributed by atoms with van der Waals surface area (Å²) in [6.07, 6.45) is -2.01. The first-order valence-electron chi connectivity index (χ1n) is 6.43. The van der Waals surface area contributed by atoms with E-state index in [1.54, 1.807) is 30.3 Å². The second-order valence-electron chi connectivity index (χ2n) is 4.78. The molecule has 0 amide bonds. The van der Waals surface area contributed by atoms with E-state index in [9.17, 15) is 13.2 Å². The Hall–Kier alpha value is -2.83. The number of rotatable bonds is 1. The third kappa shape index (κ3) is 1.93. The molecule has 1 aromatic carbocycles. The van der Waals surface area contributed by atoms with Crippen LogP contribution in [0.15, 0.2) is 53.2 Å². The molecule has 0 fully saturated rings. The number of para-hydroxylation sites is 2. The summed E-state index contributed by atoms with van der Waals surface area (Å²) in [7, 11) is 0. The fourth-order valence-electron chi connectivity index (χ4n) is 2.32. The van der Waals surface area contributed by atoms with E-state index in [0.717, 1.165) is 4.40 Å². The monoisotopic (exact) mass is 303 g/mol. The van der Waals surface area contributed by atoms with Crippen molar-refractivity contribution in [2.24, 2.45) is 0 Å². The Morgan fingerprint density at radius 2 is 1.86 bits per heavy atom. The van der Waals surface area contributed by atoms with E-state index >= 15 is 0 Å². The molecule has 110 valence electrons. The summed E-state index contributed by atoms with van der Waals surface area (Å²) in [5, 5.41) is 0. The van der Waals surface area contributed by atoms with Gasteiger partial charge in [-0.05, 0) is 24.3 Å². The van der Waals surface area contributed by atoms with Crippen molar-refractivity contribution < 1.29 is 17.6 Å². The first-order valence-corrected chi connectivity index (χ1v) is 6.43. The quantitative estimate of drug-likeness (QED) is 0.530. The van der Waals surface area contributed by atoms with Crippen LogP contribution < -0.4 is 0 Å². The Kier molecular flexibility index (Phi) is 2.53. The minimum Gasteiger partial charge on any atom is -0.436 e. The Bertz CT molecular complexity index is 951. The van der Waals surface area contributed by atoms with Crippen molar-refractivity contribution in [3.8, 4) is 11.5 Å². The molecule has 0 aliphatic heterocycles. The topological polar surface area (TPSA) is 43.3 Å². The largest absolute Gasteiger partial charge is 0.450 e. The van der Waals surface area contributed by atoms with Crippen LogP contribution in [0.25, 0.3) is 28.1 Å². The molecule has 22 heavy (non-hydrogen) atoms. The summed E-state index contributed by atoms with van der Waals surface area (Å²) in [4.78, 5) is 7.72. The van der Waals surface area contributed by atoms with Crippen molar-refractivity contribution in [2.75, 3.05) is 0 Å². The number of oxazole rings is 1. The predicted octanol–water partition coefficient (Wildman–Crippen LogP) is 4.16. The third-order valence-electron chi connectivity index (χ3n) is 3.32. The van der Waals surface area contributed by atoms with Crippen LogP contribution in [-0.2, 0) is 6.18 Å². The van der Waals surface area contributed by atoms with Crippen molar-refractivity contribution in [1.82, 2.24) is 14.4 Å². The zero-order valence-corrected chi connectivity index (χ0v) is 11.0. The molecule has 3 heterocycles. The lowest BCUT2D eigenvalue weighted by atomic mass is 10.2. The fourth-order valence-corrected chi connectivity index (χ4v) is 2.32. The minimum atomic E-state index is -4.52. The highest BCUT2D eigenvalue weighted by atomic mass is 19.4. The van der Waals surface area contributed by atoms with Gasteiger partial charge in [-0.15, -0.1) is 0 Å². The van der Waals surface area contributed by atoms with E-state index in [1.165, 1.54) is 12.4 Å². The molecule has 0 spiro atoms. The van der Waals surface area contributed by atoms with Crippen molar-refractivity contribution in [3.63, 3.8) is 0 Å². The van der Waals surface area contributed by atoms with Gasteiger partial charge in [0, 0.05) is 6.20 Å². The summed E-state index contributed by atoms with van der Waals surface area (Å²) in [5.74, 6) is -0.703. The number of hydrogen-bond donors (Lipinski definition) is 0.